The molecule has 0 spiro atoms. The van der Waals surface area contributed by atoms with E-state index >= 15 is 0 Å². The van der Waals surface area contributed by atoms with Crippen molar-refractivity contribution >= 4 is 11.6 Å². The third-order valence-electron chi connectivity index (χ3n) is 3.26. The highest BCUT2D eigenvalue weighted by Gasteiger charge is 2.18. The fourth-order valence-corrected chi connectivity index (χ4v) is 2.52. The lowest BCUT2D eigenvalue weighted by atomic mass is 9.97. The van der Waals surface area contributed by atoms with E-state index in [2.05, 4.69) is 0 Å². The number of para-hydroxylation sites is 1. The Bertz CT molecular complexity index is 640. The van der Waals surface area contributed by atoms with Crippen molar-refractivity contribution in [2.45, 2.75) is 12.8 Å². The third-order valence-corrected chi connectivity index (χ3v) is 3.55. The maximum Gasteiger partial charge on any atom is 0.145 e. The molecule has 0 fully saturated rings. The number of halogens is 2. The van der Waals surface area contributed by atoms with Gasteiger partial charge in [-0.2, -0.15) is 0 Å². The number of phenols is 1. The normalized spacial score (nSPS) is 13.8. The quantitative estimate of drug-likeness (QED) is 0.848. The molecule has 0 bridgehead atoms. The molecule has 0 radical (unpaired) electrons. The summed E-state index contributed by atoms with van der Waals surface area (Å²) >= 11 is 5.79. The van der Waals surface area contributed by atoms with Crippen LogP contribution in [0.25, 0.3) is 11.1 Å². The molecule has 2 aromatic carbocycles. The van der Waals surface area contributed by atoms with Crippen LogP contribution in [0.15, 0.2) is 30.3 Å². The molecule has 1 N–H and O–H groups in total. The molecule has 3 rings (SSSR count). The fourth-order valence-electron chi connectivity index (χ4n) is 2.35. The summed E-state index contributed by atoms with van der Waals surface area (Å²) < 4.78 is 19.0. The summed E-state index contributed by atoms with van der Waals surface area (Å²) in [6.07, 6.45) is 1.92. The van der Waals surface area contributed by atoms with Gasteiger partial charge in [0.05, 0.1) is 11.6 Å². The summed E-state index contributed by atoms with van der Waals surface area (Å²) in [4.78, 5) is 0. The minimum absolute atomic E-state index is 0.0128. The molecule has 1 aliphatic rings. The predicted octanol–water partition coefficient (Wildman–Crippen LogP) is 4.18. The number of aryl methyl sites for hydroxylation is 1. The number of fused-ring (bicyclic) bond motifs is 1. The van der Waals surface area contributed by atoms with E-state index in [0.717, 1.165) is 35.8 Å². The highest BCUT2D eigenvalue weighted by Crippen LogP contribution is 2.41. The number of hydrogen-bond donors (Lipinski definition) is 1. The van der Waals surface area contributed by atoms with Crippen LogP contribution >= 0.6 is 11.6 Å². The third kappa shape index (κ3) is 2.15. The summed E-state index contributed by atoms with van der Waals surface area (Å²) in [7, 11) is 0. The molecular weight excluding hydrogens is 267 g/mol. The summed E-state index contributed by atoms with van der Waals surface area (Å²) in [6, 6.07) is 8.20. The Morgan fingerprint density at radius 3 is 2.89 bits per heavy atom. The van der Waals surface area contributed by atoms with Gasteiger partial charge < -0.3 is 9.84 Å². The highest BCUT2D eigenvalue weighted by molar-refractivity contribution is 6.31. The Labute approximate surface area is 115 Å². The van der Waals surface area contributed by atoms with Crippen LogP contribution in [0.5, 0.6) is 11.5 Å². The maximum absolute atomic E-state index is 13.3. The average molecular weight is 279 g/mol. The first-order valence-electron chi connectivity index (χ1n) is 6.10. The van der Waals surface area contributed by atoms with Gasteiger partial charge in [-0.15, -0.1) is 0 Å². The van der Waals surface area contributed by atoms with E-state index in [1.807, 2.05) is 18.2 Å². The summed E-state index contributed by atoms with van der Waals surface area (Å²) in [5.41, 5.74) is 2.34. The van der Waals surface area contributed by atoms with Gasteiger partial charge in [0, 0.05) is 17.2 Å². The minimum Gasteiger partial charge on any atom is -0.507 e. The van der Waals surface area contributed by atoms with Crippen molar-refractivity contribution in [3.8, 4) is 22.6 Å². The number of ether oxygens (including phenoxy) is 1. The van der Waals surface area contributed by atoms with Crippen LogP contribution in [0.4, 0.5) is 4.39 Å². The number of hydrogen-bond acceptors (Lipinski definition) is 2. The van der Waals surface area contributed by atoms with Crippen molar-refractivity contribution in [2.24, 2.45) is 0 Å². The van der Waals surface area contributed by atoms with Gasteiger partial charge >= 0.3 is 0 Å². The van der Waals surface area contributed by atoms with Crippen LogP contribution in [0, 0.1) is 5.82 Å². The van der Waals surface area contributed by atoms with Gasteiger partial charge in [-0.1, -0.05) is 29.8 Å². The lowest BCUT2D eigenvalue weighted by molar-refractivity contribution is 0.289. The van der Waals surface area contributed by atoms with Crippen LogP contribution in [0.2, 0.25) is 5.02 Å². The summed E-state index contributed by atoms with van der Waals surface area (Å²) in [5.74, 6) is -0.00941. The molecule has 0 aliphatic carbocycles. The number of phenolic OH excluding ortho intramolecular Hbond substituents is 1. The van der Waals surface area contributed by atoms with Crippen LogP contribution in [-0.2, 0) is 6.42 Å². The van der Waals surface area contributed by atoms with E-state index in [4.69, 9.17) is 16.3 Å². The van der Waals surface area contributed by atoms with E-state index in [-0.39, 0.29) is 10.8 Å². The first-order chi connectivity index (χ1) is 9.16. The molecule has 98 valence electrons. The highest BCUT2D eigenvalue weighted by atomic mass is 35.5. The van der Waals surface area contributed by atoms with Gasteiger partial charge in [-0.3, -0.25) is 0 Å². The molecule has 0 atom stereocenters. The predicted molar refractivity (Wildman–Crippen MR) is 72.3 cm³/mol. The monoisotopic (exact) mass is 278 g/mol. The van der Waals surface area contributed by atoms with Crippen LogP contribution in [-0.4, -0.2) is 11.7 Å². The molecule has 0 saturated heterocycles. The zero-order chi connectivity index (χ0) is 13.4. The van der Waals surface area contributed by atoms with E-state index in [1.165, 1.54) is 6.07 Å². The molecule has 0 unspecified atom stereocenters. The number of rotatable bonds is 1. The molecule has 19 heavy (non-hydrogen) atoms. The van der Waals surface area contributed by atoms with Gasteiger partial charge in [0.1, 0.15) is 17.3 Å². The van der Waals surface area contributed by atoms with E-state index in [1.54, 1.807) is 0 Å². The summed E-state index contributed by atoms with van der Waals surface area (Å²) in [5, 5.41) is 9.90. The van der Waals surface area contributed by atoms with Gasteiger partial charge in [0.15, 0.2) is 0 Å². The summed E-state index contributed by atoms with van der Waals surface area (Å²) in [6.45, 7) is 0.652. The van der Waals surface area contributed by atoms with Gasteiger partial charge in [0.2, 0.25) is 0 Å². The maximum atomic E-state index is 13.3. The molecule has 0 aromatic heterocycles. The molecule has 0 amide bonds. The van der Waals surface area contributed by atoms with Gasteiger partial charge in [-0.25, -0.2) is 4.39 Å². The molecule has 4 heteroatoms. The fraction of sp³-hybridized carbons (Fsp3) is 0.200. The van der Waals surface area contributed by atoms with E-state index < -0.39 is 5.82 Å². The zero-order valence-electron chi connectivity index (χ0n) is 10.1. The van der Waals surface area contributed by atoms with Crippen molar-refractivity contribution in [3.63, 3.8) is 0 Å². The Morgan fingerprint density at radius 1 is 1.21 bits per heavy atom. The standard InChI is InChI=1S/C15H12ClFO2/c16-12-7-11(14(18)8-13(12)17)10-5-1-3-9-4-2-6-19-15(9)10/h1,3,5,7-8,18H,2,4,6H2. The lowest BCUT2D eigenvalue weighted by Crippen LogP contribution is -2.09. The Balaban J connectivity index is 2.20. The Hall–Kier alpha value is -1.74. The van der Waals surface area contributed by atoms with Crippen LogP contribution in [0.3, 0.4) is 0 Å². The van der Waals surface area contributed by atoms with E-state index in [9.17, 15) is 9.50 Å². The van der Waals surface area contributed by atoms with Crippen LogP contribution in [0.1, 0.15) is 12.0 Å². The van der Waals surface area contributed by atoms with E-state index in [0.29, 0.717) is 12.2 Å². The second kappa shape index (κ2) is 4.74. The Morgan fingerprint density at radius 2 is 2.05 bits per heavy atom. The van der Waals surface area contributed by atoms with Crippen molar-refractivity contribution < 1.29 is 14.2 Å². The van der Waals surface area contributed by atoms with Crippen molar-refractivity contribution in [3.05, 3.63) is 46.7 Å². The molecular formula is C15H12ClFO2. The average Bonchev–Trinajstić information content (AvgIpc) is 2.42. The largest absolute Gasteiger partial charge is 0.507 e. The second-order valence-electron chi connectivity index (χ2n) is 4.53. The van der Waals surface area contributed by atoms with Crippen molar-refractivity contribution in [1.29, 1.82) is 0 Å². The minimum atomic E-state index is -0.631. The van der Waals surface area contributed by atoms with Crippen molar-refractivity contribution in [1.82, 2.24) is 0 Å². The van der Waals surface area contributed by atoms with Crippen molar-refractivity contribution in [2.75, 3.05) is 6.61 Å². The second-order valence-corrected chi connectivity index (χ2v) is 4.94. The van der Waals surface area contributed by atoms with Gasteiger partial charge in [-0.05, 0) is 24.5 Å². The van der Waals surface area contributed by atoms with Crippen LogP contribution < -0.4 is 4.74 Å². The smallest absolute Gasteiger partial charge is 0.145 e. The first kappa shape index (κ1) is 12.3. The molecule has 2 aromatic rings. The number of benzene rings is 2. The number of aromatic hydroxyl groups is 1. The molecule has 1 aliphatic heterocycles. The SMILES string of the molecule is Oc1cc(F)c(Cl)cc1-c1cccc2c1OCCC2. The molecule has 2 nitrogen and oxygen atoms in total. The molecule has 1 heterocycles. The Kier molecular flexibility index (Phi) is 3.07. The zero-order valence-corrected chi connectivity index (χ0v) is 10.9. The topological polar surface area (TPSA) is 29.5 Å². The molecule has 0 saturated carbocycles. The lowest BCUT2D eigenvalue weighted by Gasteiger charge is -2.21. The van der Waals surface area contributed by atoms with Gasteiger partial charge in [0.25, 0.3) is 0 Å². The first-order valence-corrected chi connectivity index (χ1v) is 6.47.